The van der Waals surface area contributed by atoms with Crippen LogP contribution in [0.5, 0.6) is 11.5 Å². The molecule has 4 aromatic rings. The lowest BCUT2D eigenvalue weighted by Crippen LogP contribution is -2.26. The molecule has 0 spiro atoms. The van der Waals surface area contributed by atoms with Gasteiger partial charge < -0.3 is 9.64 Å². The van der Waals surface area contributed by atoms with Crippen molar-refractivity contribution in [3.63, 3.8) is 0 Å². The van der Waals surface area contributed by atoms with Gasteiger partial charge in [-0.1, -0.05) is 48.5 Å². The highest BCUT2D eigenvalue weighted by Gasteiger charge is 2.36. The summed E-state index contributed by atoms with van der Waals surface area (Å²) >= 11 is 0. The second kappa shape index (κ2) is 5.39. The molecule has 2 heterocycles. The first-order valence-electron chi connectivity index (χ1n) is 9.06. The molecule has 3 nitrogen and oxygen atoms in total. The Morgan fingerprint density at radius 1 is 0.444 bits per heavy atom. The summed E-state index contributed by atoms with van der Waals surface area (Å²) in [4.78, 5) is 4.63. The molecule has 0 atom stereocenters. The molecule has 0 aliphatic carbocycles. The molecule has 3 heteroatoms. The molecule has 0 radical (unpaired) electrons. The Balaban J connectivity index is 1.70. The SMILES string of the molecule is c1ccc(N2c3ccccc3N3c4ccccc4Oc4cccc2c43)cc1. The number of anilines is 6. The average Bonchev–Trinajstić information content (AvgIpc) is 2.74. The molecule has 128 valence electrons. The Morgan fingerprint density at radius 3 is 1.85 bits per heavy atom. The molecule has 0 aromatic heterocycles. The molecule has 6 rings (SSSR count). The predicted octanol–water partition coefficient (Wildman–Crippen LogP) is 7.05. The third-order valence-corrected chi connectivity index (χ3v) is 5.15. The molecule has 0 saturated carbocycles. The van der Waals surface area contributed by atoms with Gasteiger partial charge in [-0.05, 0) is 48.5 Å². The van der Waals surface area contributed by atoms with Crippen LogP contribution in [-0.2, 0) is 0 Å². The second-order valence-electron chi connectivity index (χ2n) is 6.69. The number of ether oxygens (including phenoxy) is 1. The Labute approximate surface area is 157 Å². The molecule has 4 aromatic carbocycles. The Morgan fingerprint density at radius 2 is 1.04 bits per heavy atom. The molecule has 0 fully saturated rings. The van der Waals surface area contributed by atoms with E-state index in [9.17, 15) is 0 Å². The highest BCUT2D eigenvalue weighted by molar-refractivity contribution is 6.05. The first-order chi connectivity index (χ1) is 13.4. The van der Waals surface area contributed by atoms with Gasteiger partial charge in [0, 0.05) is 5.69 Å². The summed E-state index contributed by atoms with van der Waals surface area (Å²) in [7, 11) is 0. The fraction of sp³-hybridized carbons (Fsp3) is 0. The third-order valence-electron chi connectivity index (χ3n) is 5.15. The van der Waals surface area contributed by atoms with Gasteiger partial charge in [0.2, 0.25) is 0 Å². The molecule has 0 amide bonds. The minimum absolute atomic E-state index is 0.877. The number of hydrogen-bond donors (Lipinski definition) is 0. The van der Waals surface area contributed by atoms with Gasteiger partial charge in [-0.25, -0.2) is 0 Å². The topological polar surface area (TPSA) is 15.7 Å². The molecule has 0 N–H and O–H groups in total. The van der Waals surface area contributed by atoms with Crippen LogP contribution >= 0.6 is 0 Å². The van der Waals surface area contributed by atoms with E-state index in [1.807, 2.05) is 24.3 Å². The highest BCUT2D eigenvalue weighted by atomic mass is 16.5. The minimum Gasteiger partial charge on any atom is -0.453 e. The van der Waals surface area contributed by atoms with Crippen molar-refractivity contribution in [1.82, 2.24) is 0 Å². The van der Waals surface area contributed by atoms with Gasteiger partial charge >= 0.3 is 0 Å². The number of benzene rings is 4. The van der Waals surface area contributed by atoms with Crippen LogP contribution in [0.1, 0.15) is 0 Å². The van der Waals surface area contributed by atoms with Crippen LogP contribution in [0, 0.1) is 0 Å². The molecule has 0 saturated heterocycles. The van der Waals surface area contributed by atoms with Gasteiger partial charge in [0.25, 0.3) is 0 Å². The summed E-state index contributed by atoms with van der Waals surface area (Å²) < 4.78 is 6.26. The minimum atomic E-state index is 0.877. The van der Waals surface area contributed by atoms with Crippen LogP contribution in [0.3, 0.4) is 0 Å². The van der Waals surface area contributed by atoms with Crippen LogP contribution in [0.25, 0.3) is 0 Å². The van der Waals surface area contributed by atoms with Gasteiger partial charge in [-0.15, -0.1) is 0 Å². The molecule has 27 heavy (non-hydrogen) atoms. The van der Waals surface area contributed by atoms with E-state index in [1.165, 1.54) is 0 Å². The average molecular weight is 348 g/mol. The van der Waals surface area contributed by atoms with Crippen molar-refractivity contribution in [2.75, 3.05) is 9.80 Å². The van der Waals surface area contributed by atoms with E-state index >= 15 is 0 Å². The maximum Gasteiger partial charge on any atom is 0.153 e. The van der Waals surface area contributed by atoms with Crippen molar-refractivity contribution in [3.05, 3.63) is 97.1 Å². The normalized spacial score (nSPS) is 13.3. The van der Waals surface area contributed by atoms with Crippen LogP contribution in [0.2, 0.25) is 0 Å². The van der Waals surface area contributed by atoms with Crippen LogP contribution < -0.4 is 14.5 Å². The molecule has 0 bridgehead atoms. The maximum atomic E-state index is 6.26. The van der Waals surface area contributed by atoms with E-state index < -0.39 is 0 Å². The first-order valence-corrected chi connectivity index (χ1v) is 9.06. The summed E-state index contributed by atoms with van der Waals surface area (Å²) in [5, 5.41) is 0. The Bertz CT molecular complexity index is 1170. The Hall–Kier alpha value is -3.72. The quantitative estimate of drug-likeness (QED) is 0.317. The zero-order valence-corrected chi connectivity index (χ0v) is 14.5. The van der Waals surface area contributed by atoms with E-state index in [1.54, 1.807) is 0 Å². The molecular weight excluding hydrogens is 332 g/mol. The zero-order valence-electron chi connectivity index (χ0n) is 14.5. The van der Waals surface area contributed by atoms with E-state index in [-0.39, 0.29) is 0 Å². The molecule has 2 aliphatic heterocycles. The largest absolute Gasteiger partial charge is 0.453 e. The number of rotatable bonds is 1. The smallest absolute Gasteiger partial charge is 0.153 e. The summed E-state index contributed by atoms with van der Waals surface area (Å²) in [5.74, 6) is 1.76. The lowest BCUT2D eigenvalue weighted by atomic mass is 10.0. The van der Waals surface area contributed by atoms with Gasteiger partial charge in [0.05, 0.1) is 22.7 Å². The fourth-order valence-corrected chi connectivity index (χ4v) is 4.04. The monoisotopic (exact) mass is 348 g/mol. The van der Waals surface area contributed by atoms with Crippen molar-refractivity contribution in [1.29, 1.82) is 0 Å². The lowest BCUT2D eigenvalue weighted by molar-refractivity contribution is 0.477. The summed E-state index contributed by atoms with van der Waals surface area (Å²) in [6, 6.07) is 33.5. The summed E-state index contributed by atoms with van der Waals surface area (Å²) in [6.45, 7) is 0. The first kappa shape index (κ1) is 14.4. The third kappa shape index (κ3) is 1.97. The van der Waals surface area contributed by atoms with E-state index in [2.05, 4.69) is 82.6 Å². The fourth-order valence-electron chi connectivity index (χ4n) is 4.04. The number of nitrogens with zero attached hydrogens (tertiary/aromatic N) is 2. The standard InChI is InChI=1S/C24H16N2O/c1-2-9-17(10-3-1)25-18-11-4-5-12-19(18)26-20-13-6-7-15-22(20)27-23-16-8-14-21(25)24(23)26/h1-16H. The number of para-hydroxylation sites is 6. The van der Waals surface area contributed by atoms with Crippen LogP contribution in [0.15, 0.2) is 97.1 Å². The van der Waals surface area contributed by atoms with Crippen molar-refractivity contribution in [3.8, 4) is 11.5 Å². The van der Waals surface area contributed by atoms with Gasteiger partial charge in [-0.3, -0.25) is 4.90 Å². The maximum absolute atomic E-state index is 6.26. The van der Waals surface area contributed by atoms with E-state index in [0.29, 0.717) is 0 Å². The highest BCUT2D eigenvalue weighted by Crippen LogP contribution is 2.61. The van der Waals surface area contributed by atoms with Gasteiger partial charge in [0.1, 0.15) is 5.69 Å². The second-order valence-corrected chi connectivity index (χ2v) is 6.69. The van der Waals surface area contributed by atoms with E-state index in [0.717, 1.165) is 45.6 Å². The van der Waals surface area contributed by atoms with E-state index in [4.69, 9.17) is 4.74 Å². The number of hydrogen-bond acceptors (Lipinski definition) is 3. The van der Waals surface area contributed by atoms with Gasteiger partial charge in [0.15, 0.2) is 11.5 Å². The Kier molecular flexibility index (Phi) is 2.88. The lowest BCUT2D eigenvalue weighted by Gasteiger charge is -2.43. The van der Waals surface area contributed by atoms with Crippen LogP contribution in [-0.4, -0.2) is 0 Å². The molecule has 2 aliphatic rings. The summed E-state index contributed by atoms with van der Waals surface area (Å²) in [6.07, 6.45) is 0. The van der Waals surface area contributed by atoms with Crippen molar-refractivity contribution < 1.29 is 4.74 Å². The molecular formula is C24H16N2O. The number of fused-ring (bicyclic) bond motifs is 4. The molecule has 0 unspecified atom stereocenters. The zero-order chi connectivity index (χ0) is 17.8. The van der Waals surface area contributed by atoms with Crippen LogP contribution in [0.4, 0.5) is 34.1 Å². The van der Waals surface area contributed by atoms with Crippen molar-refractivity contribution >= 4 is 34.1 Å². The predicted molar refractivity (Wildman–Crippen MR) is 109 cm³/mol. The van der Waals surface area contributed by atoms with Gasteiger partial charge in [-0.2, -0.15) is 0 Å². The van der Waals surface area contributed by atoms with Crippen molar-refractivity contribution in [2.24, 2.45) is 0 Å². The summed E-state index contributed by atoms with van der Waals surface area (Å²) in [5.41, 5.74) is 6.71. The van der Waals surface area contributed by atoms with Crippen molar-refractivity contribution in [2.45, 2.75) is 0 Å².